The molecule has 1 N–H and O–H groups in total. The van der Waals surface area contributed by atoms with Crippen LogP contribution in [0.4, 0.5) is 5.69 Å². The first-order valence-electron chi connectivity index (χ1n) is 9.20. The summed E-state index contributed by atoms with van der Waals surface area (Å²) >= 11 is 5.96. The standard InChI is InChI=1S/C20H21ClN4O5S/c1-13(29-17-9-7-16(8-10-17)25(2)31(3,27)28)20(26)22-12-18-23-19(24-30-18)14-5-4-6-15(21)11-14/h4-11,13H,12H2,1-3H3,(H,22,26)/t13-/m1/s1. The lowest BCUT2D eigenvalue weighted by atomic mass is 10.2. The molecule has 31 heavy (non-hydrogen) atoms. The highest BCUT2D eigenvalue weighted by Crippen LogP contribution is 2.21. The maximum atomic E-state index is 12.3. The first-order chi connectivity index (χ1) is 14.6. The third-order valence-corrected chi connectivity index (χ3v) is 5.79. The van der Waals surface area contributed by atoms with Gasteiger partial charge in [0.25, 0.3) is 5.91 Å². The van der Waals surface area contributed by atoms with Crippen molar-refractivity contribution in [3.63, 3.8) is 0 Å². The molecule has 0 spiro atoms. The van der Waals surface area contributed by atoms with Crippen LogP contribution in [-0.4, -0.2) is 43.9 Å². The third kappa shape index (κ3) is 5.96. The topological polar surface area (TPSA) is 115 Å². The molecule has 0 radical (unpaired) electrons. The minimum atomic E-state index is -3.36. The lowest BCUT2D eigenvalue weighted by Gasteiger charge is -2.18. The molecule has 1 heterocycles. The molecule has 0 aliphatic heterocycles. The molecule has 3 rings (SSSR count). The average molecular weight is 465 g/mol. The Balaban J connectivity index is 1.54. The minimum absolute atomic E-state index is 0.0399. The number of amides is 1. The number of ether oxygens (including phenoxy) is 1. The maximum absolute atomic E-state index is 12.3. The molecule has 0 saturated carbocycles. The van der Waals surface area contributed by atoms with Crippen molar-refractivity contribution in [1.29, 1.82) is 0 Å². The molecular formula is C20H21ClN4O5S. The molecule has 1 aromatic heterocycles. The number of hydrogen-bond donors (Lipinski definition) is 1. The van der Waals surface area contributed by atoms with Crippen LogP contribution in [0.25, 0.3) is 11.4 Å². The highest BCUT2D eigenvalue weighted by Gasteiger charge is 2.17. The van der Waals surface area contributed by atoms with Gasteiger partial charge in [0.2, 0.25) is 21.7 Å². The SMILES string of the molecule is C[C@@H](Oc1ccc(N(C)S(C)(=O)=O)cc1)C(=O)NCc1nc(-c2cccc(Cl)c2)no1. The highest BCUT2D eigenvalue weighted by molar-refractivity contribution is 7.92. The fourth-order valence-corrected chi connectivity index (χ4v) is 3.26. The molecule has 0 aliphatic rings. The van der Waals surface area contributed by atoms with E-state index in [4.69, 9.17) is 20.9 Å². The summed E-state index contributed by atoms with van der Waals surface area (Å²) in [7, 11) is -1.90. The summed E-state index contributed by atoms with van der Waals surface area (Å²) in [6.45, 7) is 1.63. The monoisotopic (exact) mass is 464 g/mol. The van der Waals surface area contributed by atoms with Gasteiger partial charge in [-0.25, -0.2) is 8.42 Å². The lowest BCUT2D eigenvalue weighted by molar-refractivity contribution is -0.127. The molecule has 9 nitrogen and oxygen atoms in total. The fraction of sp³-hybridized carbons (Fsp3) is 0.250. The van der Waals surface area contributed by atoms with E-state index in [-0.39, 0.29) is 18.3 Å². The van der Waals surface area contributed by atoms with Crippen LogP contribution in [0.2, 0.25) is 5.02 Å². The van der Waals surface area contributed by atoms with Crippen molar-refractivity contribution in [3.8, 4) is 17.1 Å². The molecule has 3 aromatic rings. The van der Waals surface area contributed by atoms with Crippen LogP contribution in [0.1, 0.15) is 12.8 Å². The Hall–Kier alpha value is -3.11. The van der Waals surface area contributed by atoms with Gasteiger partial charge in [-0.1, -0.05) is 28.9 Å². The Bertz CT molecular complexity index is 1160. The summed E-state index contributed by atoms with van der Waals surface area (Å²) in [4.78, 5) is 16.6. The number of aromatic nitrogens is 2. The summed E-state index contributed by atoms with van der Waals surface area (Å²) in [6.07, 6.45) is 0.319. The van der Waals surface area contributed by atoms with Gasteiger partial charge >= 0.3 is 0 Å². The van der Waals surface area contributed by atoms with Crippen LogP contribution >= 0.6 is 11.6 Å². The Morgan fingerprint density at radius 2 is 1.97 bits per heavy atom. The van der Waals surface area contributed by atoms with Crippen LogP contribution in [0.15, 0.2) is 53.1 Å². The number of hydrogen-bond acceptors (Lipinski definition) is 7. The van der Waals surface area contributed by atoms with Crippen molar-refractivity contribution in [3.05, 3.63) is 59.4 Å². The lowest BCUT2D eigenvalue weighted by Crippen LogP contribution is -2.36. The fourth-order valence-electron chi connectivity index (χ4n) is 2.56. The van der Waals surface area contributed by atoms with Crippen LogP contribution < -0.4 is 14.4 Å². The number of halogens is 1. The highest BCUT2D eigenvalue weighted by atomic mass is 35.5. The van der Waals surface area contributed by atoms with Crippen molar-refractivity contribution < 1.29 is 22.5 Å². The quantitative estimate of drug-likeness (QED) is 0.545. The number of carbonyl (C=O) groups is 1. The van der Waals surface area contributed by atoms with Crippen LogP contribution in [0.5, 0.6) is 5.75 Å². The zero-order valence-electron chi connectivity index (χ0n) is 17.1. The first-order valence-corrected chi connectivity index (χ1v) is 11.4. The van der Waals surface area contributed by atoms with Crippen molar-refractivity contribution in [2.75, 3.05) is 17.6 Å². The van der Waals surface area contributed by atoms with Gasteiger partial charge in [-0.15, -0.1) is 0 Å². The predicted molar refractivity (Wildman–Crippen MR) is 116 cm³/mol. The molecule has 0 saturated heterocycles. The van der Waals surface area contributed by atoms with Crippen molar-refractivity contribution in [2.45, 2.75) is 19.6 Å². The van der Waals surface area contributed by atoms with E-state index < -0.39 is 16.1 Å². The Morgan fingerprint density at radius 1 is 1.26 bits per heavy atom. The summed E-state index contributed by atoms with van der Waals surface area (Å²) in [6, 6.07) is 13.4. The van der Waals surface area contributed by atoms with E-state index in [1.165, 1.54) is 7.05 Å². The molecule has 0 aliphatic carbocycles. The van der Waals surface area contributed by atoms with E-state index in [2.05, 4.69) is 15.5 Å². The maximum Gasteiger partial charge on any atom is 0.261 e. The summed E-state index contributed by atoms with van der Waals surface area (Å²) in [5.41, 5.74) is 1.19. The summed E-state index contributed by atoms with van der Waals surface area (Å²) in [5, 5.41) is 7.11. The van der Waals surface area contributed by atoms with Crippen LogP contribution in [0.3, 0.4) is 0 Å². The molecular weight excluding hydrogens is 444 g/mol. The van der Waals surface area contributed by atoms with E-state index in [1.54, 1.807) is 55.5 Å². The Labute approximate surface area is 185 Å². The van der Waals surface area contributed by atoms with Crippen LogP contribution in [0, 0.1) is 0 Å². The molecule has 11 heteroatoms. The molecule has 0 bridgehead atoms. The number of anilines is 1. The number of benzene rings is 2. The minimum Gasteiger partial charge on any atom is -0.481 e. The van der Waals surface area contributed by atoms with Gasteiger partial charge in [0.1, 0.15) is 5.75 Å². The zero-order chi connectivity index (χ0) is 22.6. The van der Waals surface area contributed by atoms with Gasteiger partial charge in [-0.2, -0.15) is 4.98 Å². The summed E-state index contributed by atoms with van der Waals surface area (Å²) < 4.78 is 35.1. The number of nitrogens with one attached hydrogen (secondary N) is 1. The van der Waals surface area contributed by atoms with E-state index in [9.17, 15) is 13.2 Å². The first kappa shape index (κ1) is 22.6. The van der Waals surface area contributed by atoms with Crippen molar-refractivity contribution in [1.82, 2.24) is 15.5 Å². The number of carbonyl (C=O) groups excluding carboxylic acids is 1. The number of sulfonamides is 1. The Morgan fingerprint density at radius 3 is 2.61 bits per heavy atom. The second-order valence-corrected chi connectivity index (χ2v) is 9.17. The summed E-state index contributed by atoms with van der Waals surface area (Å²) in [5.74, 6) is 0.660. The van der Waals surface area contributed by atoms with Crippen LogP contribution in [-0.2, 0) is 21.4 Å². The third-order valence-electron chi connectivity index (χ3n) is 4.34. The number of nitrogens with zero attached hydrogens (tertiary/aromatic N) is 3. The smallest absolute Gasteiger partial charge is 0.261 e. The number of rotatable bonds is 8. The predicted octanol–water partition coefficient (Wildman–Crippen LogP) is 2.87. The molecule has 164 valence electrons. The normalized spacial score (nSPS) is 12.3. The van der Waals surface area contributed by atoms with Gasteiger partial charge < -0.3 is 14.6 Å². The van der Waals surface area contributed by atoms with E-state index >= 15 is 0 Å². The zero-order valence-corrected chi connectivity index (χ0v) is 18.6. The van der Waals surface area contributed by atoms with Gasteiger partial charge in [0, 0.05) is 17.6 Å². The average Bonchev–Trinajstić information content (AvgIpc) is 3.20. The van der Waals surface area contributed by atoms with E-state index in [0.29, 0.717) is 27.8 Å². The molecule has 0 fully saturated rings. The van der Waals surface area contributed by atoms with Gasteiger partial charge in [0.15, 0.2) is 6.10 Å². The molecule has 1 amide bonds. The molecule has 2 aromatic carbocycles. The second-order valence-electron chi connectivity index (χ2n) is 6.72. The van der Waals surface area contributed by atoms with E-state index in [1.807, 2.05) is 0 Å². The van der Waals surface area contributed by atoms with Gasteiger partial charge in [-0.3, -0.25) is 9.10 Å². The van der Waals surface area contributed by atoms with E-state index in [0.717, 1.165) is 10.6 Å². The van der Waals surface area contributed by atoms with Gasteiger partial charge in [0.05, 0.1) is 18.5 Å². The molecule has 1 atom stereocenters. The van der Waals surface area contributed by atoms with Crippen molar-refractivity contribution in [2.24, 2.45) is 0 Å². The second kappa shape index (κ2) is 9.36. The largest absolute Gasteiger partial charge is 0.481 e. The van der Waals surface area contributed by atoms with Crippen molar-refractivity contribution >= 4 is 33.2 Å². The Kier molecular flexibility index (Phi) is 6.81. The van der Waals surface area contributed by atoms with Gasteiger partial charge in [-0.05, 0) is 43.3 Å². The molecule has 0 unspecified atom stereocenters.